The highest BCUT2D eigenvalue weighted by Crippen LogP contribution is 2.27. The molecule has 1 aliphatic heterocycles. The molecule has 1 atom stereocenters. The van der Waals surface area contributed by atoms with E-state index in [2.05, 4.69) is 79.8 Å². The Morgan fingerprint density at radius 1 is 1.10 bits per heavy atom. The predicted molar refractivity (Wildman–Crippen MR) is 163 cm³/mol. The van der Waals surface area contributed by atoms with E-state index in [1.54, 1.807) is 24.3 Å². The molecule has 9 heteroatoms. The zero-order valence-electron chi connectivity index (χ0n) is 24.5. The highest BCUT2D eigenvalue weighted by Gasteiger charge is 2.20. The molecule has 2 heterocycles. The standard InChI is InChI=1S/C32H42N6O3/c1-32(2,3)24-11-13-25(14-12-24)38-29(20-27(36-38)23-7-6-18-37(4)21-23)34-17-5-8-30(40)35-28(31(33)41)19-22-9-15-26(39)16-10-22/h7,9-16,20,28,34,39H,5-6,8,17-19,21H2,1-4H3,(H2,33,41)(H,35,40)/t28-/m0/s1. The van der Waals surface area contributed by atoms with Crippen LogP contribution in [0.15, 0.2) is 60.7 Å². The van der Waals surface area contributed by atoms with Crippen molar-refractivity contribution in [1.29, 1.82) is 0 Å². The summed E-state index contributed by atoms with van der Waals surface area (Å²) in [5.41, 5.74) is 10.8. The summed E-state index contributed by atoms with van der Waals surface area (Å²) in [4.78, 5) is 26.9. The number of benzene rings is 2. The Labute approximate surface area is 242 Å². The summed E-state index contributed by atoms with van der Waals surface area (Å²) >= 11 is 0. The van der Waals surface area contributed by atoms with Crippen LogP contribution in [0, 0.1) is 0 Å². The molecule has 0 radical (unpaired) electrons. The molecule has 2 amide bonds. The third-order valence-corrected chi connectivity index (χ3v) is 7.30. The number of nitrogens with two attached hydrogens (primary N) is 1. The lowest BCUT2D eigenvalue weighted by Gasteiger charge is -2.21. The molecule has 0 saturated heterocycles. The number of anilines is 1. The summed E-state index contributed by atoms with van der Waals surface area (Å²) in [5.74, 6) is 0.164. The van der Waals surface area contributed by atoms with E-state index >= 15 is 0 Å². The fourth-order valence-corrected chi connectivity index (χ4v) is 4.86. The first kappa shape index (κ1) is 29.9. The maximum atomic E-state index is 12.6. The predicted octanol–water partition coefficient (Wildman–Crippen LogP) is 4.00. The largest absolute Gasteiger partial charge is 0.508 e. The molecule has 4 rings (SSSR count). The van der Waals surface area contributed by atoms with E-state index < -0.39 is 11.9 Å². The van der Waals surface area contributed by atoms with Gasteiger partial charge in [0, 0.05) is 38.5 Å². The molecule has 0 fully saturated rings. The van der Waals surface area contributed by atoms with Crippen LogP contribution in [-0.2, 0) is 21.4 Å². The zero-order valence-corrected chi connectivity index (χ0v) is 24.5. The summed E-state index contributed by atoms with van der Waals surface area (Å²) in [6, 6.07) is 16.2. The van der Waals surface area contributed by atoms with Crippen LogP contribution < -0.4 is 16.4 Å². The van der Waals surface area contributed by atoms with Crippen LogP contribution in [0.1, 0.15) is 56.9 Å². The topological polar surface area (TPSA) is 126 Å². The number of phenols is 1. The van der Waals surface area contributed by atoms with Gasteiger partial charge in [0.05, 0.1) is 11.4 Å². The van der Waals surface area contributed by atoms with E-state index in [0.29, 0.717) is 13.0 Å². The molecule has 2 aromatic carbocycles. The molecule has 218 valence electrons. The average Bonchev–Trinajstić information content (AvgIpc) is 3.36. The van der Waals surface area contributed by atoms with Gasteiger partial charge in [0.15, 0.2) is 0 Å². The van der Waals surface area contributed by atoms with Crippen molar-refractivity contribution >= 4 is 23.2 Å². The van der Waals surface area contributed by atoms with Gasteiger partial charge in [-0.2, -0.15) is 5.10 Å². The van der Waals surface area contributed by atoms with Crippen molar-refractivity contribution in [3.8, 4) is 11.4 Å². The van der Waals surface area contributed by atoms with Crippen LogP contribution in [0.3, 0.4) is 0 Å². The van der Waals surface area contributed by atoms with Crippen LogP contribution in [-0.4, -0.2) is 64.3 Å². The van der Waals surface area contributed by atoms with Crippen molar-refractivity contribution in [2.75, 3.05) is 32.0 Å². The molecule has 0 aliphatic carbocycles. The number of nitrogens with one attached hydrogen (secondary N) is 2. The lowest BCUT2D eigenvalue weighted by atomic mass is 9.87. The number of amides is 2. The minimum Gasteiger partial charge on any atom is -0.508 e. The number of hydrogen-bond acceptors (Lipinski definition) is 6. The number of nitrogens with zero attached hydrogens (tertiary/aromatic N) is 3. The number of carbonyl (C=O) groups excluding carboxylic acids is 2. The van der Waals surface area contributed by atoms with Crippen molar-refractivity contribution in [3.63, 3.8) is 0 Å². The number of aromatic nitrogens is 2. The summed E-state index contributed by atoms with van der Waals surface area (Å²) in [7, 11) is 2.12. The Morgan fingerprint density at radius 3 is 2.44 bits per heavy atom. The average molecular weight is 559 g/mol. The van der Waals surface area contributed by atoms with Gasteiger partial charge in [-0.1, -0.05) is 51.1 Å². The number of phenolic OH excluding ortho intramolecular Hbond substituents is 1. The van der Waals surface area contributed by atoms with Crippen LogP contribution in [0.25, 0.3) is 11.3 Å². The zero-order chi connectivity index (χ0) is 29.6. The van der Waals surface area contributed by atoms with Crippen molar-refractivity contribution in [2.24, 2.45) is 5.73 Å². The molecule has 0 saturated carbocycles. The highest BCUT2D eigenvalue weighted by molar-refractivity contribution is 5.86. The molecule has 0 unspecified atom stereocenters. The van der Waals surface area contributed by atoms with Gasteiger partial charge >= 0.3 is 0 Å². The summed E-state index contributed by atoms with van der Waals surface area (Å²) in [5, 5.41) is 20.7. The normalized spacial score (nSPS) is 14.8. The van der Waals surface area contributed by atoms with Gasteiger partial charge in [0.1, 0.15) is 17.6 Å². The van der Waals surface area contributed by atoms with Gasteiger partial charge in [-0.05, 0) is 66.3 Å². The van der Waals surface area contributed by atoms with Gasteiger partial charge in [-0.15, -0.1) is 0 Å². The van der Waals surface area contributed by atoms with Crippen LogP contribution in [0.4, 0.5) is 5.82 Å². The van der Waals surface area contributed by atoms with Crippen molar-refractivity contribution in [1.82, 2.24) is 20.0 Å². The van der Waals surface area contributed by atoms with E-state index in [1.165, 1.54) is 11.1 Å². The summed E-state index contributed by atoms with van der Waals surface area (Å²) in [6.07, 6.45) is 4.32. The molecule has 1 aliphatic rings. The van der Waals surface area contributed by atoms with Crippen LogP contribution in [0.2, 0.25) is 0 Å². The number of likely N-dealkylation sites (N-methyl/N-ethyl adjacent to an activating group) is 1. The first-order valence-corrected chi connectivity index (χ1v) is 14.2. The Morgan fingerprint density at radius 2 is 1.80 bits per heavy atom. The van der Waals surface area contributed by atoms with E-state index in [-0.39, 0.29) is 29.9 Å². The van der Waals surface area contributed by atoms with E-state index in [9.17, 15) is 14.7 Å². The molecule has 3 aromatic rings. The van der Waals surface area contributed by atoms with Crippen molar-refractivity contribution in [3.05, 3.63) is 77.5 Å². The quantitative estimate of drug-likeness (QED) is 0.264. The van der Waals surface area contributed by atoms with Gasteiger partial charge < -0.3 is 26.4 Å². The summed E-state index contributed by atoms with van der Waals surface area (Å²) < 4.78 is 1.93. The Bertz CT molecular complexity index is 1370. The van der Waals surface area contributed by atoms with Crippen LogP contribution >= 0.6 is 0 Å². The smallest absolute Gasteiger partial charge is 0.240 e. The minimum absolute atomic E-state index is 0.0601. The van der Waals surface area contributed by atoms with Crippen molar-refractivity contribution in [2.45, 2.75) is 57.9 Å². The molecular weight excluding hydrogens is 516 g/mol. The maximum Gasteiger partial charge on any atom is 0.240 e. The first-order chi connectivity index (χ1) is 19.5. The molecule has 0 bridgehead atoms. The van der Waals surface area contributed by atoms with Gasteiger partial charge in [-0.25, -0.2) is 4.68 Å². The van der Waals surface area contributed by atoms with Crippen molar-refractivity contribution < 1.29 is 14.7 Å². The van der Waals surface area contributed by atoms with Gasteiger partial charge in [0.2, 0.25) is 11.8 Å². The molecule has 5 N–H and O–H groups in total. The molecular formula is C32H42N6O3. The van der Waals surface area contributed by atoms with Gasteiger partial charge in [0.25, 0.3) is 0 Å². The fraction of sp³-hybridized carbons (Fsp3) is 0.406. The minimum atomic E-state index is -0.818. The first-order valence-electron chi connectivity index (χ1n) is 14.2. The molecule has 9 nitrogen and oxygen atoms in total. The molecule has 0 spiro atoms. The maximum absolute atomic E-state index is 12.6. The third kappa shape index (κ3) is 8.20. The monoisotopic (exact) mass is 558 g/mol. The molecule has 1 aromatic heterocycles. The Hall–Kier alpha value is -4.11. The van der Waals surface area contributed by atoms with Gasteiger partial charge in [-0.3, -0.25) is 9.59 Å². The third-order valence-electron chi connectivity index (χ3n) is 7.30. The van der Waals surface area contributed by atoms with Crippen LogP contribution in [0.5, 0.6) is 5.75 Å². The highest BCUT2D eigenvalue weighted by atomic mass is 16.3. The second-order valence-corrected chi connectivity index (χ2v) is 11.8. The van der Waals surface area contributed by atoms with E-state index in [1.807, 2.05) is 4.68 Å². The number of hydrogen-bond donors (Lipinski definition) is 4. The fourth-order valence-electron chi connectivity index (χ4n) is 4.86. The lowest BCUT2D eigenvalue weighted by molar-refractivity contribution is -0.127. The number of primary amides is 1. The number of carbonyl (C=O) groups is 2. The summed E-state index contributed by atoms with van der Waals surface area (Å²) in [6.45, 7) is 9.03. The Balaban J connectivity index is 1.40. The molecule has 41 heavy (non-hydrogen) atoms. The SMILES string of the molecule is CN1CCC=C(c2cc(NCCCC(=O)N[C@@H](Cc3ccc(O)cc3)C(N)=O)n(-c3ccc(C(C)(C)C)cc3)n2)C1. The Kier molecular flexibility index (Phi) is 9.50. The van der Waals surface area contributed by atoms with E-state index in [0.717, 1.165) is 42.3 Å². The number of aromatic hydroxyl groups is 1. The second kappa shape index (κ2) is 13.0. The van der Waals surface area contributed by atoms with E-state index in [4.69, 9.17) is 10.8 Å². The lowest BCUT2D eigenvalue weighted by Crippen LogP contribution is -2.45. The second-order valence-electron chi connectivity index (χ2n) is 11.8. The number of rotatable bonds is 11.